The third-order valence-corrected chi connectivity index (χ3v) is 1.57. The minimum atomic E-state index is -0.481. The fourth-order valence-corrected chi connectivity index (χ4v) is 0.980. The molecule has 0 radical (unpaired) electrons. The van der Waals surface area contributed by atoms with Gasteiger partial charge in [0.15, 0.2) is 5.82 Å². The lowest BCUT2D eigenvalue weighted by atomic mass is 10.2. The van der Waals surface area contributed by atoms with Gasteiger partial charge >= 0.3 is 0 Å². The summed E-state index contributed by atoms with van der Waals surface area (Å²) in [6, 6.07) is 2.77. The molecule has 4 nitrogen and oxygen atoms in total. The highest BCUT2D eigenvalue weighted by Crippen LogP contribution is 2.24. The largest absolute Gasteiger partial charge is 0.394 e. The molecule has 2 N–H and O–H groups in total. The van der Waals surface area contributed by atoms with Gasteiger partial charge in [0.1, 0.15) is 11.4 Å². The lowest BCUT2D eigenvalue weighted by Gasteiger charge is -1.96. The summed E-state index contributed by atoms with van der Waals surface area (Å²) in [5, 5.41) is 3.43. The molecule has 13 heavy (non-hydrogen) atoms. The predicted molar refractivity (Wildman–Crippen MR) is 44.1 cm³/mol. The second-order valence-electron chi connectivity index (χ2n) is 2.44. The Morgan fingerprint density at radius 2 is 2.31 bits per heavy atom. The molecule has 0 aliphatic heterocycles. The van der Waals surface area contributed by atoms with Crippen LogP contribution in [0.2, 0.25) is 0 Å². The van der Waals surface area contributed by atoms with E-state index in [1.807, 2.05) is 0 Å². The zero-order chi connectivity index (χ0) is 9.26. The number of hydrogen-bond donors (Lipinski definition) is 1. The minimum Gasteiger partial charge on any atom is -0.394 e. The fourth-order valence-electron chi connectivity index (χ4n) is 0.980. The highest BCUT2D eigenvalue weighted by atomic mass is 19.1. The average Bonchev–Trinajstić information content (AvgIpc) is 2.52. The van der Waals surface area contributed by atoms with Gasteiger partial charge in [0, 0.05) is 6.20 Å². The Kier molecular flexibility index (Phi) is 1.70. The first-order valence-electron chi connectivity index (χ1n) is 3.60. The molecule has 0 aliphatic carbocycles. The molecule has 0 aliphatic rings. The van der Waals surface area contributed by atoms with Crippen molar-refractivity contribution >= 4 is 5.69 Å². The molecular weight excluding hydrogens is 173 g/mol. The van der Waals surface area contributed by atoms with Crippen molar-refractivity contribution in [2.75, 3.05) is 5.73 Å². The molecule has 66 valence electrons. The number of aromatic nitrogens is 2. The van der Waals surface area contributed by atoms with Crippen molar-refractivity contribution in [3.8, 4) is 11.5 Å². The van der Waals surface area contributed by atoms with Crippen LogP contribution in [0.1, 0.15) is 0 Å². The summed E-state index contributed by atoms with van der Waals surface area (Å²) in [7, 11) is 0. The van der Waals surface area contributed by atoms with E-state index in [4.69, 9.17) is 10.3 Å². The summed E-state index contributed by atoms with van der Waals surface area (Å²) < 4.78 is 17.9. The molecule has 0 aromatic carbocycles. The normalized spacial score (nSPS) is 10.2. The number of nitrogens with zero attached hydrogens (tertiary/aromatic N) is 2. The maximum absolute atomic E-state index is 13.1. The number of nitrogens with two attached hydrogens (primary N) is 1. The maximum Gasteiger partial charge on any atom is 0.211 e. The Hall–Kier alpha value is -1.91. The third-order valence-electron chi connectivity index (χ3n) is 1.57. The van der Waals surface area contributed by atoms with E-state index in [1.165, 1.54) is 24.5 Å². The third kappa shape index (κ3) is 1.24. The predicted octanol–water partition coefficient (Wildman–Crippen LogP) is 1.46. The second kappa shape index (κ2) is 2.85. The molecule has 0 amide bonds. The van der Waals surface area contributed by atoms with Crippen LogP contribution in [0.15, 0.2) is 29.0 Å². The lowest BCUT2D eigenvalue weighted by Crippen LogP contribution is -1.90. The number of hydrogen-bond acceptors (Lipinski definition) is 4. The molecule has 0 saturated heterocycles. The van der Waals surface area contributed by atoms with E-state index in [0.29, 0.717) is 0 Å². The number of anilines is 1. The van der Waals surface area contributed by atoms with Crippen LogP contribution < -0.4 is 5.73 Å². The van der Waals surface area contributed by atoms with Gasteiger partial charge in [0.2, 0.25) is 5.76 Å². The Bertz CT molecular complexity index is 427. The van der Waals surface area contributed by atoms with Gasteiger partial charge in [0.05, 0.1) is 6.20 Å². The lowest BCUT2D eigenvalue weighted by molar-refractivity contribution is 0.428. The van der Waals surface area contributed by atoms with Crippen LogP contribution >= 0.6 is 0 Å². The van der Waals surface area contributed by atoms with Crippen molar-refractivity contribution in [3.05, 3.63) is 30.3 Å². The van der Waals surface area contributed by atoms with E-state index in [1.54, 1.807) is 0 Å². The van der Waals surface area contributed by atoms with Crippen molar-refractivity contribution < 1.29 is 8.91 Å². The first kappa shape index (κ1) is 7.72. The Labute approximate surface area is 73.2 Å². The van der Waals surface area contributed by atoms with E-state index in [2.05, 4.69) is 10.1 Å². The molecule has 0 bridgehead atoms. The topological polar surface area (TPSA) is 64.9 Å². The minimum absolute atomic E-state index is 0.0810. The van der Waals surface area contributed by atoms with E-state index in [-0.39, 0.29) is 17.1 Å². The average molecular weight is 179 g/mol. The first-order chi connectivity index (χ1) is 6.29. The van der Waals surface area contributed by atoms with Gasteiger partial charge < -0.3 is 10.3 Å². The number of rotatable bonds is 1. The van der Waals surface area contributed by atoms with Gasteiger partial charge in [-0.15, -0.1) is 0 Å². The van der Waals surface area contributed by atoms with Crippen LogP contribution in [0.5, 0.6) is 0 Å². The molecule has 2 aromatic rings. The molecule has 2 heterocycles. The Morgan fingerprint density at radius 3 is 2.92 bits per heavy atom. The summed E-state index contributed by atoms with van der Waals surface area (Å²) >= 11 is 0. The van der Waals surface area contributed by atoms with Crippen LogP contribution in [-0.4, -0.2) is 10.1 Å². The maximum atomic E-state index is 13.1. The molecule has 0 spiro atoms. The van der Waals surface area contributed by atoms with Crippen molar-refractivity contribution in [1.29, 1.82) is 0 Å². The van der Waals surface area contributed by atoms with Crippen LogP contribution in [0.25, 0.3) is 11.5 Å². The highest BCUT2D eigenvalue weighted by molar-refractivity contribution is 5.66. The van der Waals surface area contributed by atoms with E-state index in [0.717, 1.165) is 0 Å². The van der Waals surface area contributed by atoms with E-state index < -0.39 is 5.82 Å². The quantitative estimate of drug-likeness (QED) is 0.719. The molecule has 2 aromatic heterocycles. The number of halogens is 1. The zero-order valence-electron chi connectivity index (χ0n) is 6.57. The number of nitrogen functional groups attached to an aromatic ring is 1. The second-order valence-corrected chi connectivity index (χ2v) is 2.44. The molecule has 0 atom stereocenters. The van der Waals surface area contributed by atoms with Crippen molar-refractivity contribution in [2.45, 2.75) is 0 Å². The van der Waals surface area contributed by atoms with E-state index >= 15 is 0 Å². The summed E-state index contributed by atoms with van der Waals surface area (Å²) in [6.07, 6.45) is 2.77. The van der Waals surface area contributed by atoms with Crippen LogP contribution in [0.4, 0.5) is 10.1 Å². The molecular formula is C8H6FN3O. The molecule has 0 unspecified atom stereocenters. The highest BCUT2D eigenvalue weighted by Gasteiger charge is 2.13. The summed E-state index contributed by atoms with van der Waals surface area (Å²) in [5.74, 6) is -0.316. The van der Waals surface area contributed by atoms with Gasteiger partial charge in [-0.05, 0) is 12.1 Å². The SMILES string of the molecule is Nc1cnoc1-c1ncccc1F. The summed E-state index contributed by atoms with van der Waals surface area (Å²) in [5.41, 5.74) is 5.84. The van der Waals surface area contributed by atoms with Crippen LogP contribution in [0.3, 0.4) is 0 Å². The molecule has 0 fully saturated rings. The summed E-state index contributed by atoms with van der Waals surface area (Å²) in [6.45, 7) is 0. The molecule has 5 heteroatoms. The van der Waals surface area contributed by atoms with Gasteiger partial charge in [0.25, 0.3) is 0 Å². The fraction of sp³-hybridized carbons (Fsp3) is 0. The van der Waals surface area contributed by atoms with Gasteiger partial charge in [-0.2, -0.15) is 0 Å². The van der Waals surface area contributed by atoms with Crippen LogP contribution in [0, 0.1) is 5.82 Å². The van der Waals surface area contributed by atoms with Crippen molar-refractivity contribution in [1.82, 2.24) is 10.1 Å². The standard InChI is InChI=1S/C8H6FN3O/c9-5-2-1-3-11-7(5)8-6(10)4-12-13-8/h1-4H,10H2. The zero-order valence-corrected chi connectivity index (χ0v) is 6.57. The Balaban J connectivity index is 2.59. The van der Waals surface area contributed by atoms with Gasteiger partial charge in [-0.3, -0.25) is 0 Å². The van der Waals surface area contributed by atoms with Gasteiger partial charge in [-0.1, -0.05) is 5.16 Å². The Morgan fingerprint density at radius 1 is 1.46 bits per heavy atom. The van der Waals surface area contributed by atoms with E-state index in [9.17, 15) is 4.39 Å². The van der Waals surface area contributed by atoms with Gasteiger partial charge in [-0.25, -0.2) is 9.37 Å². The van der Waals surface area contributed by atoms with Crippen molar-refractivity contribution in [3.63, 3.8) is 0 Å². The van der Waals surface area contributed by atoms with Crippen molar-refractivity contribution in [2.24, 2.45) is 0 Å². The smallest absolute Gasteiger partial charge is 0.211 e. The number of pyridine rings is 1. The van der Waals surface area contributed by atoms with Crippen LogP contribution in [-0.2, 0) is 0 Å². The summed E-state index contributed by atoms with van der Waals surface area (Å²) in [4.78, 5) is 3.79. The first-order valence-corrected chi connectivity index (χ1v) is 3.60. The molecule has 2 rings (SSSR count). The molecule has 0 saturated carbocycles. The monoisotopic (exact) mass is 179 g/mol.